The number of rotatable bonds is 14. The van der Waals surface area contributed by atoms with Gasteiger partial charge in [-0.1, -0.05) is 48.5 Å². The smallest absolute Gasteiger partial charge is 0.227 e. The molecule has 14 nitrogen and oxygen atoms in total. The molecule has 2 amide bonds. The number of ether oxygens (including phenoxy) is 2. The monoisotopic (exact) mass is 834 g/mol. The molecular formula is C48H54N10O4. The number of methoxy groups -OCH3 is 2. The van der Waals surface area contributed by atoms with Crippen LogP contribution in [-0.4, -0.2) is 81.9 Å². The van der Waals surface area contributed by atoms with Crippen molar-refractivity contribution >= 4 is 35.1 Å². The number of benzene rings is 4. The fourth-order valence-electron chi connectivity index (χ4n) is 7.62. The van der Waals surface area contributed by atoms with Crippen LogP contribution in [0.2, 0.25) is 0 Å². The molecule has 0 bridgehead atoms. The van der Waals surface area contributed by atoms with Crippen LogP contribution >= 0.6 is 0 Å². The predicted octanol–water partition coefficient (Wildman–Crippen LogP) is 7.19. The second-order valence-electron chi connectivity index (χ2n) is 15.6. The molecule has 4 aromatic carbocycles. The summed E-state index contributed by atoms with van der Waals surface area (Å²) < 4.78 is 10.4. The standard InChI is InChI=1S/2C24H27N5O2/c1-31-22-8-4-18(5-9-22)20-14-26-24(27-15-20)28-21-6-2-17(3-7-21)16-29-12-10-19(11-13-29)23(25)30;1-31-22-10-6-18(7-11-22)20-13-26-24(27-14-20)28-21-8-4-17(5-9-21)15-29-12-2-3-19(16-29)23(25)30/h2-9,14-15,19H,10-13,16H2,1H3,(H2,25,30)(H,26,27,28);4-11,13-14,19H,2-3,12,15-16H2,1H3,(H2,25,30)(H,26,27,28). The van der Waals surface area contributed by atoms with E-state index in [0.717, 1.165) is 110 Å². The Bertz CT molecular complexity index is 2340. The third-order valence-electron chi connectivity index (χ3n) is 11.3. The van der Waals surface area contributed by atoms with Crippen LogP contribution in [0.3, 0.4) is 0 Å². The number of anilines is 4. The maximum atomic E-state index is 11.5. The zero-order valence-electron chi connectivity index (χ0n) is 35.2. The summed E-state index contributed by atoms with van der Waals surface area (Å²) in [6.07, 6.45) is 10.8. The first-order chi connectivity index (χ1) is 30.2. The van der Waals surface area contributed by atoms with Crippen molar-refractivity contribution in [3.63, 3.8) is 0 Å². The van der Waals surface area contributed by atoms with E-state index in [0.29, 0.717) is 11.9 Å². The van der Waals surface area contributed by atoms with Gasteiger partial charge in [0.25, 0.3) is 0 Å². The number of piperidine rings is 2. The van der Waals surface area contributed by atoms with Crippen molar-refractivity contribution in [2.45, 2.75) is 38.8 Å². The van der Waals surface area contributed by atoms with Gasteiger partial charge in [0.15, 0.2) is 0 Å². The second kappa shape index (κ2) is 21.1. The van der Waals surface area contributed by atoms with E-state index >= 15 is 0 Å². The third kappa shape index (κ3) is 12.1. The lowest BCUT2D eigenvalue weighted by molar-refractivity contribution is -0.124. The molecule has 1 atom stereocenters. The largest absolute Gasteiger partial charge is 0.497 e. The van der Waals surface area contributed by atoms with Crippen molar-refractivity contribution in [1.29, 1.82) is 0 Å². The molecule has 2 saturated heterocycles. The summed E-state index contributed by atoms with van der Waals surface area (Å²) in [5.41, 5.74) is 19.2. The molecule has 320 valence electrons. The highest BCUT2D eigenvalue weighted by Gasteiger charge is 2.24. The van der Waals surface area contributed by atoms with Gasteiger partial charge in [0.1, 0.15) is 11.5 Å². The van der Waals surface area contributed by atoms with Gasteiger partial charge in [-0.3, -0.25) is 19.4 Å². The number of nitrogens with zero attached hydrogens (tertiary/aromatic N) is 6. The van der Waals surface area contributed by atoms with Gasteiger partial charge < -0.3 is 31.6 Å². The lowest BCUT2D eigenvalue weighted by atomic mass is 9.96. The Morgan fingerprint density at radius 2 is 0.968 bits per heavy atom. The van der Waals surface area contributed by atoms with Crippen molar-refractivity contribution in [3.05, 3.63) is 133 Å². The number of aromatic nitrogens is 4. The van der Waals surface area contributed by atoms with E-state index in [2.05, 4.69) is 64.6 Å². The van der Waals surface area contributed by atoms with Gasteiger partial charge >= 0.3 is 0 Å². The number of carbonyl (C=O) groups excluding carboxylic acids is 2. The molecular weight excluding hydrogens is 781 g/mol. The Labute approximate surface area is 362 Å². The average Bonchev–Trinajstić information content (AvgIpc) is 3.31. The van der Waals surface area contributed by atoms with E-state index in [1.165, 1.54) is 11.1 Å². The SMILES string of the molecule is COc1ccc(-c2cnc(Nc3ccc(CN4CCC(C(N)=O)CC4)cc3)nc2)cc1.COc1ccc(-c2cnc(Nc3ccc(CN4CCCC(C(N)=O)C4)cc3)nc2)cc1. The maximum Gasteiger partial charge on any atom is 0.227 e. The average molecular weight is 835 g/mol. The summed E-state index contributed by atoms with van der Waals surface area (Å²) in [7, 11) is 3.30. The van der Waals surface area contributed by atoms with Crippen molar-refractivity contribution in [3.8, 4) is 33.8 Å². The van der Waals surface area contributed by atoms with Gasteiger partial charge in [0.2, 0.25) is 23.7 Å². The normalized spacial score (nSPS) is 15.7. The molecule has 2 aliphatic heterocycles. The number of nitrogens with one attached hydrogen (secondary N) is 2. The molecule has 6 aromatic rings. The highest BCUT2D eigenvalue weighted by molar-refractivity contribution is 5.77. The minimum Gasteiger partial charge on any atom is -0.497 e. The molecule has 6 N–H and O–H groups in total. The number of hydrogen-bond acceptors (Lipinski definition) is 12. The Morgan fingerprint density at radius 3 is 1.37 bits per heavy atom. The van der Waals surface area contributed by atoms with Gasteiger partial charge in [-0.25, -0.2) is 19.9 Å². The van der Waals surface area contributed by atoms with E-state index in [4.69, 9.17) is 20.9 Å². The summed E-state index contributed by atoms with van der Waals surface area (Å²) in [4.78, 5) is 45.1. The molecule has 0 radical (unpaired) electrons. The number of carbonyl (C=O) groups is 2. The van der Waals surface area contributed by atoms with Crippen molar-refractivity contribution in [2.24, 2.45) is 23.3 Å². The quantitative estimate of drug-likeness (QED) is 0.0867. The highest BCUT2D eigenvalue weighted by Crippen LogP contribution is 2.25. The van der Waals surface area contributed by atoms with E-state index < -0.39 is 0 Å². The van der Waals surface area contributed by atoms with E-state index in [-0.39, 0.29) is 23.7 Å². The number of amides is 2. The topological polar surface area (TPSA) is 187 Å². The van der Waals surface area contributed by atoms with Crippen LogP contribution in [0.15, 0.2) is 122 Å². The Kier molecular flexibility index (Phi) is 14.7. The van der Waals surface area contributed by atoms with Gasteiger partial charge in [-0.15, -0.1) is 0 Å². The number of primary amides is 2. The third-order valence-corrected chi connectivity index (χ3v) is 11.3. The van der Waals surface area contributed by atoms with Crippen LogP contribution in [0.1, 0.15) is 36.8 Å². The summed E-state index contributed by atoms with van der Waals surface area (Å²) in [6.45, 7) is 5.24. The van der Waals surface area contributed by atoms with Gasteiger partial charge in [0.05, 0.1) is 20.1 Å². The first-order valence-corrected chi connectivity index (χ1v) is 20.9. The molecule has 4 heterocycles. The number of likely N-dealkylation sites (tertiary alicyclic amines) is 2. The number of hydrogen-bond donors (Lipinski definition) is 4. The van der Waals surface area contributed by atoms with E-state index in [9.17, 15) is 9.59 Å². The summed E-state index contributed by atoms with van der Waals surface area (Å²) >= 11 is 0. The maximum absolute atomic E-state index is 11.5. The lowest BCUT2D eigenvalue weighted by Gasteiger charge is -2.31. The molecule has 2 aromatic heterocycles. The fourth-order valence-corrected chi connectivity index (χ4v) is 7.62. The minimum atomic E-state index is -0.192. The van der Waals surface area contributed by atoms with Crippen molar-refractivity contribution in [2.75, 3.05) is 51.0 Å². The number of nitrogens with two attached hydrogens (primary N) is 2. The van der Waals surface area contributed by atoms with Crippen molar-refractivity contribution < 1.29 is 19.1 Å². The molecule has 0 spiro atoms. The molecule has 62 heavy (non-hydrogen) atoms. The first kappa shape index (κ1) is 43.2. The highest BCUT2D eigenvalue weighted by atomic mass is 16.5. The van der Waals surface area contributed by atoms with Crippen LogP contribution in [0.25, 0.3) is 22.3 Å². The molecule has 0 saturated carbocycles. The molecule has 2 aliphatic rings. The lowest BCUT2D eigenvalue weighted by Crippen LogP contribution is -2.40. The van der Waals surface area contributed by atoms with E-state index in [1.807, 2.05) is 72.8 Å². The first-order valence-electron chi connectivity index (χ1n) is 20.9. The predicted molar refractivity (Wildman–Crippen MR) is 242 cm³/mol. The van der Waals surface area contributed by atoms with E-state index in [1.54, 1.807) is 39.0 Å². The van der Waals surface area contributed by atoms with Crippen LogP contribution in [0.5, 0.6) is 11.5 Å². The van der Waals surface area contributed by atoms with Gasteiger partial charge in [-0.05, 0) is 116 Å². The zero-order valence-corrected chi connectivity index (χ0v) is 35.2. The van der Waals surface area contributed by atoms with Gasteiger partial charge in [-0.2, -0.15) is 0 Å². The zero-order chi connectivity index (χ0) is 43.3. The molecule has 14 heteroatoms. The van der Waals surface area contributed by atoms with Crippen LogP contribution in [-0.2, 0) is 22.7 Å². The summed E-state index contributed by atoms with van der Waals surface area (Å²) in [6, 6.07) is 32.1. The summed E-state index contributed by atoms with van der Waals surface area (Å²) in [5.74, 6) is 2.37. The molecule has 8 rings (SSSR count). The van der Waals surface area contributed by atoms with Crippen LogP contribution < -0.4 is 31.6 Å². The van der Waals surface area contributed by atoms with Crippen LogP contribution in [0.4, 0.5) is 23.3 Å². The molecule has 0 aliphatic carbocycles. The Hall–Kier alpha value is -6.90. The summed E-state index contributed by atoms with van der Waals surface area (Å²) in [5, 5.41) is 6.48. The Balaban J connectivity index is 0.000000186. The van der Waals surface area contributed by atoms with Crippen molar-refractivity contribution in [1.82, 2.24) is 29.7 Å². The fraction of sp³-hybridized carbons (Fsp3) is 0.292. The minimum absolute atomic E-state index is 0.0268. The van der Waals surface area contributed by atoms with Gasteiger partial charge in [0, 0.05) is 72.8 Å². The Morgan fingerprint density at radius 1 is 0.548 bits per heavy atom. The molecule has 1 unspecified atom stereocenters. The second-order valence-corrected chi connectivity index (χ2v) is 15.6. The molecule has 2 fully saturated rings. The van der Waals surface area contributed by atoms with Crippen LogP contribution in [0, 0.1) is 11.8 Å².